The van der Waals surface area contributed by atoms with Crippen molar-refractivity contribution in [1.82, 2.24) is 0 Å². The highest BCUT2D eigenvalue weighted by molar-refractivity contribution is 14.1. The molecule has 1 nitrogen and oxygen atoms in total. The summed E-state index contributed by atoms with van der Waals surface area (Å²) in [6, 6.07) is 7.54. The maximum absolute atomic E-state index is 9.42. The minimum atomic E-state index is 0.426. The summed E-state index contributed by atoms with van der Waals surface area (Å²) >= 11 is 2.40. The summed E-state index contributed by atoms with van der Waals surface area (Å²) in [5.74, 6) is 0.426. The average molecular weight is 276 g/mol. The second kappa shape index (κ2) is 4.70. The summed E-state index contributed by atoms with van der Waals surface area (Å²) in [5.41, 5.74) is 1.06. The van der Waals surface area contributed by atoms with Crippen LogP contribution in [0.2, 0.25) is 0 Å². The molecule has 1 aromatic rings. The Balaban J connectivity index is 2.57. The number of rotatable bonds is 3. The average Bonchev–Trinajstić information content (AvgIpc) is 2.03. The molecule has 1 rings (SSSR count). The van der Waals surface area contributed by atoms with Crippen LogP contribution in [0, 0.1) is 0 Å². The largest absolute Gasteiger partial charge is 0.508 e. The molecule has 2 heteroatoms. The molecule has 0 saturated carbocycles. The molecule has 0 fully saturated rings. The van der Waals surface area contributed by atoms with Gasteiger partial charge >= 0.3 is 0 Å². The quantitative estimate of drug-likeness (QED) is 0.664. The summed E-state index contributed by atoms with van der Waals surface area (Å²) in [6.45, 7) is 2.18. The highest BCUT2D eigenvalue weighted by Crippen LogP contribution is 2.19. The predicted octanol–water partition coefficient (Wildman–Crippen LogP) is 3.15. The summed E-state index contributed by atoms with van der Waals surface area (Å²) in [4.78, 5) is 0. The zero-order chi connectivity index (χ0) is 8.97. The van der Waals surface area contributed by atoms with Crippen LogP contribution >= 0.6 is 22.6 Å². The molecule has 66 valence electrons. The second-order valence-electron chi connectivity index (χ2n) is 2.95. The molecule has 12 heavy (non-hydrogen) atoms. The van der Waals surface area contributed by atoms with Crippen LogP contribution in [0.3, 0.4) is 0 Å². The van der Waals surface area contributed by atoms with Gasteiger partial charge in [0.1, 0.15) is 5.75 Å². The lowest BCUT2D eigenvalue weighted by Crippen LogP contribution is -1.93. The van der Waals surface area contributed by atoms with Crippen molar-refractivity contribution in [1.29, 1.82) is 0 Å². The molecule has 0 aliphatic carbocycles. The van der Waals surface area contributed by atoms with Gasteiger partial charge in [0.25, 0.3) is 0 Å². The minimum absolute atomic E-state index is 0.426. The molecule has 1 N–H and O–H groups in total. The number of aromatic hydroxyl groups is 1. The molecule has 0 bridgehead atoms. The Bertz CT molecular complexity index is 245. The monoisotopic (exact) mass is 276 g/mol. The van der Waals surface area contributed by atoms with Gasteiger partial charge in [-0.1, -0.05) is 47.7 Å². The van der Waals surface area contributed by atoms with Gasteiger partial charge in [0.2, 0.25) is 0 Å². The molecule has 1 atom stereocenters. The molecule has 0 radical (unpaired) electrons. The topological polar surface area (TPSA) is 20.2 Å². The Labute approximate surface area is 86.9 Å². The Morgan fingerprint density at radius 3 is 2.67 bits per heavy atom. The van der Waals surface area contributed by atoms with E-state index in [2.05, 4.69) is 29.5 Å². The zero-order valence-corrected chi connectivity index (χ0v) is 9.28. The van der Waals surface area contributed by atoms with Crippen molar-refractivity contribution in [3.05, 3.63) is 29.8 Å². The van der Waals surface area contributed by atoms with Gasteiger partial charge in [0.05, 0.1) is 0 Å². The van der Waals surface area contributed by atoms with Crippen molar-refractivity contribution in [3.63, 3.8) is 0 Å². The Kier molecular flexibility index (Phi) is 3.85. The summed E-state index contributed by atoms with van der Waals surface area (Å²) in [5, 5.41) is 9.42. The zero-order valence-electron chi connectivity index (χ0n) is 7.13. The molecule has 0 aliphatic heterocycles. The first-order valence-corrected chi connectivity index (χ1v) is 5.35. The van der Waals surface area contributed by atoms with Gasteiger partial charge in [-0.25, -0.2) is 0 Å². The maximum atomic E-state index is 9.42. The number of para-hydroxylation sites is 1. The highest BCUT2D eigenvalue weighted by atomic mass is 127. The molecule has 0 aliphatic rings. The van der Waals surface area contributed by atoms with E-state index in [1.54, 1.807) is 6.07 Å². The van der Waals surface area contributed by atoms with E-state index in [1.807, 2.05) is 18.2 Å². The van der Waals surface area contributed by atoms with Crippen LogP contribution in [0.25, 0.3) is 0 Å². The van der Waals surface area contributed by atoms with Gasteiger partial charge in [-0.3, -0.25) is 0 Å². The number of halogens is 1. The van der Waals surface area contributed by atoms with Crippen LogP contribution in [-0.2, 0) is 6.42 Å². The maximum Gasteiger partial charge on any atom is 0.118 e. The number of aryl methyl sites for hydroxylation is 1. The number of hydrogen-bond acceptors (Lipinski definition) is 1. The normalized spacial score (nSPS) is 12.8. The fourth-order valence-corrected chi connectivity index (χ4v) is 1.39. The van der Waals surface area contributed by atoms with Crippen molar-refractivity contribution in [2.45, 2.75) is 23.7 Å². The molecular weight excluding hydrogens is 263 g/mol. The molecule has 0 spiro atoms. The Hall–Kier alpha value is -0.250. The standard InChI is InChI=1S/C10H13IO/c1-8(11)6-7-9-4-2-3-5-10(9)12/h2-5,8,12H,6-7H2,1H3. The fraction of sp³-hybridized carbons (Fsp3) is 0.400. The van der Waals surface area contributed by atoms with Gasteiger partial charge in [-0.05, 0) is 24.5 Å². The number of hydrogen-bond donors (Lipinski definition) is 1. The van der Waals surface area contributed by atoms with E-state index < -0.39 is 0 Å². The number of phenols is 1. The van der Waals surface area contributed by atoms with E-state index in [-0.39, 0.29) is 0 Å². The Morgan fingerprint density at radius 2 is 2.08 bits per heavy atom. The van der Waals surface area contributed by atoms with E-state index >= 15 is 0 Å². The first-order valence-electron chi connectivity index (χ1n) is 4.11. The van der Waals surface area contributed by atoms with Crippen molar-refractivity contribution >= 4 is 22.6 Å². The molecule has 0 saturated heterocycles. The van der Waals surface area contributed by atoms with Crippen LogP contribution < -0.4 is 0 Å². The highest BCUT2D eigenvalue weighted by Gasteiger charge is 2.01. The van der Waals surface area contributed by atoms with E-state index in [9.17, 15) is 5.11 Å². The van der Waals surface area contributed by atoms with E-state index in [4.69, 9.17) is 0 Å². The smallest absolute Gasteiger partial charge is 0.118 e. The summed E-state index contributed by atoms with van der Waals surface area (Å²) in [6.07, 6.45) is 2.09. The number of benzene rings is 1. The van der Waals surface area contributed by atoms with E-state index in [0.717, 1.165) is 18.4 Å². The van der Waals surface area contributed by atoms with Crippen molar-refractivity contribution in [3.8, 4) is 5.75 Å². The van der Waals surface area contributed by atoms with Crippen LogP contribution in [-0.4, -0.2) is 9.03 Å². The third-order valence-corrected chi connectivity index (χ3v) is 2.43. The first kappa shape index (κ1) is 9.84. The lowest BCUT2D eigenvalue weighted by molar-refractivity contribution is 0.467. The lowest BCUT2D eigenvalue weighted by Gasteiger charge is -2.04. The number of phenolic OH excluding ortho intramolecular Hbond substituents is 1. The number of alkyl halides is 1. The Morgan fingerprint density at radius 1 is 1.42 bits per heavy atom. The van der Waals surface area contributed by atoms with Gasteiger partial charge in [0, 0.05) is 3.92 Å². The van der Waals surface area contributed by atoms with Gasteiger partial charge in [0.15, 0.2) is 0 Å². The molecule has 0 aromatic heterocycles. The third kappa shape index (κ3) is 3.01. The van der Waals surface area contributed by atoms with E-state index in [1.165, 1.54) is 0 Å². The van der Waals surface area contributed by atoms with Crippen molar-refractivity contribution in [2.75, 3.05) is 0 Å². The van der Waals surface area contributed by atoms with Crippen LogP contribution in [0.4, 0.5) is 0 Å². The van der Waals surface area contributed by atoms with Gasteiger partial charge in [-0.2, -0.15) is 0 Å². The van der Waals surface area contributed by atoms with E-state index in [0.29, 0.717) is 9.67 Å². The molecule has 0 amide bonds. The molecular formula is C10H13IO. The second-order valence-corrected chi connectivity index (χ2v) is 5.07. The summed E-state index contributed by atoms with van der Waals surface area (Å²) in [7, 11) is 0. The molecule has 0 heterocycles. The van der Waals surface area contributed by atoms with Crippen LogP contribution in [0.5, 0.6) is 5.75 Å². The molecule has 1 aromatic carbocycles. The predicted molar refractivity (Wildman–Crippen MR) is 59.9 cm³/mol. The lowest BCUT2D eigenvalue weighted by atomic mass is 10.1. The third-order valence-electron chi connectivity index (χ3n) is 1.80. The summed E-state index contributed by atoms with van der Waals surface area (Å²) < 4.78 is 0.669. The SMILES string of the molecule is CC(I)CCc1ccccc1O. The minimum Gasteiger partial charge on any atom is -0.508 e. The van der Waals surface area contributed by atoms with Gasteiger partial charge < -0.3 is 5.11 Å². The van der Waals surface area contributed by atoms with Crippen molar-refractivity contribution < 1.29 is 5.11 Å². The van der Waals surface area contributed by atoms with Crippen molar-refractivity contribution in [2.24, 2.45) is 0 Å². The van der Waals surface area contributed by atoms with Gasteiger partial charge in [-0.15, -0.1) is 0 Å². The van der Waals surface area contributed by atoms with Crippen LogP contribution in [0.1, 0.15) is 18.9 Å². The fourth-order valence-electron chi connectivity index (χ4n) is 1.08. The molecule has 1 unspecified atom stereocenters. The van der Waals surface area contributed by atoms with Crippen LogP contribution in [0.15, 0.2) is 24.3 Å². The first-order chi connectivity index (χ1) is 5.70.